The molecule has 18 heavy (non-hydrogen) atoms. The summed E-state index contributed by atoms with van der Waals surface area (Å²) in [7, 11) is -3.07. The van der Waals surface area contributed by atoms with Crippen molar-refractivity contribution in [1.29, 1.82) is 0 Å². The number of unbranched alkanes of at least 4 members (excludes halogenated alkanes) is 1. The Bertz CT molecular complexity index is 346. The number of nitrogens with zero attached hydrogens (tertiary/aromatic N) is 1. The molecule has 0 radical (unpaired) electrons. The third-order valence-corrected chi connectivity index (χ3v) is 5.55. The van der Waals surface area contributed by atoms with Gasteiger partial charge in [0.25, 0.3) is 0 Å². The Morgan fingerprint density at radius 1 is 1.22 bits per heavy atom. The van der Waals surface area contributed by atoms with Gasteiger partial charge in [0, 0.05) is 13.1 Å². The van der Waals surface area contributed by atoms with Gasteiger partial charge in [0.2, 0.25) is 10.0 Å². The van der Waals surface area contributed by atoms with Gasteiger partial charge in [0.1, 0.15) is 0 Å². The lowest BCUT2D eigenvalue weighted by atomic mass is 10.2. The summed E-state index contributed by atoms with van der Waals surface area (Å²) in [5, 5.41) is 3.21. The van der Waals surface area contributed by atoms with E-state index in [0.29, 0.717) is 13.1 Å². The SMILES string of the molecule is CCNCCCCS(=O)(=O)N1CC2CCC(C1)O2. The van der Waals surface area contributed by atoms with Crippen molar-refractivity contribution >= 4 is 10.0 Å². The van der Waals surface area contributed by atoms with Crippen LogP contribution in [0.3, 0.4) is 0 Å². The van der Waals surface area contributed by atoms with Gasteiger partial charge in [-0.1, -0.05) is 6.92 Å². The Morgan fingerprint density at radius 3 is 2.50 bits per heavy atom. The smallest absolute Gasteiger partial charge is 0.214 e. The molecule has 5 nitrogen and oxygen atoms in total. The van der Waals surface area contributed by atoms with Crippen LogP contribution < -0.4 is 5.32 Å². The molecule has 0 spiro atoms. The van der Waals surface area contributed by atoms with E-state index in [0.717, 1.165) is 38.8 Å². The van der Waals surface area contributed by atoms with Gasteiger partial charge in [-0.15, -0.1) is 0 Å². The molecule has 0 saturated carbocycles. The van der Waals surface area contributed by atoms with Crippen LogP contribution in [-0.2, 0) is 14.8 Å². The molecule has 2 rings (SSSR count). The van der Waals surface area contributed by atoms with Crippen molar-refractivity contribution in [2.75, 3.05) is 31.9 Å². The Balaban J connectivity index is 1.76. The molecule has 2 saturated heterocycles. The van der Waals surface area contributed by atoms with Crippen molar-refractivity contribution in [2.24, 2.45) is 0 Å². The van der Waals surface area contributed by atoms with E-state index < -0.39 is 10.0 Å². The molecular weight excluding hydrogens is 252 g/mol. The van der Waals surface area contributed by atoms with Crippen LogP contribution in [-0.4, -0.2) is 56.9 Å². The molecule has 0 aromatic heterocycles. The number of hydrogen-bond donors (Lipinski definition) is 1. The van der Waals surface area contributed by atoms with Gasteiger partial charge >= 0.3 is 0 Å². The van der Waals surface area contributed by atoms with Crippen molar-refractivity contribution in [2.45, 2.75) is 44.8 Å². The second kappa shape index (κ2) is 6.32. The summed E-state index contributed by atoms with van der Waals surface area (Å²) in [5.74, 6) is 0.276. The first-order valence-electron chi connectivity index (χ1n) is 6.96. The molecule has 0 aromatic rings. The quantitative estimate of drug-likeness (QED) is 0.691. The second-order valence-corrected chi connectivity index (χ2v) is 7.24. The summed E-state index contributed by atoms with van der Waals surface area (Å²) < 4.78 is 31.7. The highest BCUT2D eigenvalue weighted by atomic mass is 32.2. The molecule has 0 amide bonds. The van der Waals surface area contributed by atoms with Gasteiger partial charge in [0.15, 0.2) is 0 Å². The zero-order valence-corrected chi connectivity index (χ0v) is 11.9. The standard InChI is InChI=1S/C12H24N2O3S/c1-2-13-7-3-4-8-18(15,16)14-9-11-5-6-12(10-14)17-11/h11-13H,2-10H2,1H3. The normalized spacial score (nSPS) is 28.7. The third kappa shape index (κ3) is 3.66. The van der Waals surface area contributed by atoms with Crippen LogP contribution in [0.2, 0.25) is 0 Å². The Kier molecular flexibility index (Phi) is 5.00. The highest BCUT2D eigenvalue weighted by Crippen LogP contribution is 2.27. The zero-order valence-electron chi connectivity index (χ0n) is 11.1. The number of nitrogens with one attached hydrogen (secondary N) is 1. The number of morpholine rings is 1. The fraction of sp³-hybridized carbons (Fsp3) is 1.00. The zero-order chi connectivity index (χ0) is 13.0. The van der Waals surface area contributed by atoms with E-state index in [1.807, 2.05) is 0 Å². The summed E-state index contributed by atoms with van der Waals surface area (Å²) >= 11 is 0. The van der Waals surface area contributed by atoms with Crippen molar-refractivity contribution in [1.82, 2.24) is 9.62 Å². The van der Waals surface area contributed by atoms with E-state index in [1.54, 1.807) is 4.31 Å². The molecule has 2 aliphatic heterocycles. The monoisotopic (exact) mass is 276 g/mol. The molecule has 2 fully saturated rings. The molecule has 2 atom stereocenters. The van der Waals surface area contributed by atoms with E-state index in [2.05, 4.69) is 12.2 Å². The van der Waals surface area contributed by atoms with Crippen LogP contribution in [0.1, 0.15) is 32.6 Å². The van der Waals surface area contributed by atoms with E-state index in [1.165, 1.54) is 0 Å². The maximum absolute atomic E-state index is 12.2. The van der Waals surface area contributed by atoms with Crippen LogP contribution in [0.5, 0.6) is 0 Å². The summed E-state index contributed by atoms with van der Waals surface area (Å²) in [6, 6.07) is 0. The number of hydrogen-bond acceptors (Lipinski definition) is 4. The van der Waals surface area contributed by atoms with Gasteiger partial charge in [-0.25, -0.2) is 8.42 Å². The largest absolute Gasteiger partial charge is 0.372 e. The first-order valence-corrected chi connectivity index (χ1v) is 8.56. The fourth-order valence-corrected chi connectivity index (χ4v) is 4.26. The molecule has 2 aliphatic rings. The molecule has 0 aliphatic carbocycles. The lowest BCUT2D eigenvalue weighted by Crippen LogP contribution is -2.46. The summed E-state index contributed by atoms with van der Waals surface area (Å²) in [6.07, 6.45) is 3.96. The van der Waals surface area contributed by atoms with Crippen molar-refractivity contribution in [3.05, 3.63) is 0 Å². The predicted octanol–water partition coefficient (Wildman–Crippen LogP) is 0.569. The molecule has 2 bridgehead atoms. The summed E-state index contributed by atoms with van der Waals surface area (Å²) in [5.41, 5.74) is 0. The first kappa shape index (κ1) is 14.2. The molecule has 0 aromatic carbocycles. The maximum Gasteiger partial charge on any atom is 0.214 e. The van der Waals surface area contributed by atoms with Gasteiger partial charge < -0.3 is 10.1 Å². The Morgan fingerprint density at radius 2 is 1.89 bits per heavy atom. The van der Waals surface area contributed by atoms with Crippen molar-refractivity contribution in [3.63, 3.8) is 0 Å². The van der Waals surface area contributed by atoms with Gasteiger partial charge in [-0.05, 0) is 38.8 Å². The number of rotatable bonds is 7. The lowest BCUT2D eigenvalue weighted by Gasteiger charge is -2.31. The van der Waals surface area contributed by atoms with Crippen LogP contribution in [0.4, 0.5) is 0 Å². The maximum atomic E-state index is 12.2. The average molecular weight is 276 g/mol. The third-order valence-electron chi connectivity index (χ3n) is 3.66. The van der Waals surface area contributed by atoms with Crippen LogP contribution >= 0.6 is 0 Å². The van der Waals surface area contributed by atoms with Crippen LogP contribution in [0.25, 0.3) is 0 Å². The lowest BCUT2D eigenvalue weighted by molar-refractivity contribution is -0.0114. The molecule has 1 N–H and O–H groups in total. The Labute approximate surface area is 110 Å². The van der Waals surface area contributed by atoms with E-state index in [9.17, 15) is 8.42 Å². The minimum atomic E-state index is -3.07. The van der Waals surface area contributed by atoms with Gasteiger partial charge in [-0.2, -0.15) is 4.31 Å². The fourth-order valence-electron chi connectivity index (χ4n) is 2.64. The van der Waals surface area contributed by atoms with Crippen molar-refractivity contribution in [3.8, 4) is 0 Å². The number of ether oxygens (including phenoxy) is 1. The highest BCUT2D eigenvalue weighted by Gasteiger charge is 2.38. The highest BCUT2D eigenvalue weighted by molar-refractivity contribution is 7.89. The Hall–Kier alpha value is -0.170. The molecule has 2 unspecified atom stereocenters. The van der Waals surface area contributed by atoms with Gasteiger partial charge in [-0.3, -0.25) is 0 Å². The van der Waals surface area contributed by atoms with Gasteiger partial charge in [0.05, 0.1) is 18.0 Å². The number of fused-ring (bicyclic) bond motifs is 2. The van der Waals surface area contributed by atoms with Crippen LogP contribution in [0, 0.1) is 0 Å². The minimum Gasteiger partial charge on any atom is -0.372 e. The van der Waals surface area contributed by atoms with Crippen LogP contribution in [0.15, 0.2) is 0 Å². The predicted molar refractivity (Wildman–Crippen MR) is 71.0 cm³/mol. The molecule has 6 heteroatoms. The molecular formula is C12H24N2O3S. The second-order valence-electron chi connectivity index (χ2n) is 5.15. The minimum absolute atomic E-state index is 0.139. The van der Waals surface area contributed by atoms with E-state index in [-0.39, 0.29) is 18.0 Å². The molecule has 2 heterocycles. The molecule has 106 valence electrons. The summed E-state index contributed by atoms with van der Waals surface area (Å²) in [6.45, 7) is 5.03. The van der Waals surface area contributed by atoms with E-state index in [4.69, 9.17) is 4.74 Å². The van der Waals surface area contributed by atoms with Crippen molar-refractivity contribution < 1.29 is 13.2 Å². The summed E-state index contributed by atoms with van der Waals surface area (Å²) in [4.78, 5) is 0. The number of sulfonamides is 1. The average Bonchev–Trinajstić information content (AvgIpc) is 2.68. The first-order chi connectivity index (χ1) is 8.62. The topological polar surface area (TPSA) is 58.6 Å². The van der Waals surface area contributed by atoms with E-state index >= 15 is 0 Å².